The molecule has 1 fully saturated rings. The zero-order valence-corrected chi connectivity index (χ0v) is 12.8. The summed E-state index contributed by atoms with van der Waals surface area (Å²) in [6.07, 6.45) is 3.62. The Morgan fingerprint density at radius 1 is 1.33 bits per heavy atom. The maximum atomic E-state index is 12.4. The summed E-state index contributed by atoms with van der Waals surface area (Å²) in [5, 5.41) is 13.6. The minimum Gasteiger partial charge on any atom is -0.395 e. The van der Waals surface area contributed by atoms with Crippen LogP contribution in [0, 0.1) is 0 Å². The van der Waals surface area contributed by atoms with Crippen LogP contribution in [0.3, 0.4) is 0 Å². The molecule has 0 spiro atoms. The van der Waals surface area contributed by atoms with Gasteiger partial charge in [-0.1, -0.05) is 30.3 Å². The quantitative estimate of drug-likeness (QED) is 0.789. The molecule has 1 aromatic carbocycles. The lowest BCUT2D eigenvalue weighted by molar-refractivity contribution is 0.247. The van der Waals surface area contributed by atoms with Crippen molar-refractivity contribution >= 4 is 16.1 Å². The molecule has 5 nitrogen and oxygen atoms in total. The number of rotatable bonds is 7. The van der Waals surface area contributed by atoms with Crippen LogP contribution >= 0.6 is 0 Å². The van der Waals surface area contributed by atoms with Gasteiger partial charge in [0.2, 0.25) is 10.0 Å². The summed E-state index contributed by atoms with van der Waals surface area (Å²) in [6.45, 7) is 1.28. The fraction of sp³-hybridized carbons (Fsp3) is 0.467. The molecule has 116 valence electrons. The molecule has 2 rings (SSSR count). The van der Waals surface area contributed by atoms with Crippen molar-refractivity contribution in [3.63, 3.8) is 0 Å². The topological polar surface area (TPSA) is 69.6 Å². The lowest BCUT2D eigenvalue weighted by Crippen LogP contribution is -2.41. The SMILES string of the molecule is O=S(=O)(/C=C/c1ccccc1)N(CCO)CC1CCCN1. The van der Waals surface area contributed by atoms with E-state index in [1.807, 2.05) is 30.3 Å². The van der Waals surface area contributed by atoms with Crippen molar-refractivity contribution in [2.24, 2.45) is 0 Å². The number of benzene rings is 1. The van der Waals surface area contributed by atoms with E-state index < -0.39 is 10.0 Å². The minimum atomic E-state index is -3.52. The first-order chi connectivity index (χ1) is 10.1. The van der Waals surface area contributed by atoms with E-state index in [4.69, 9.17) is 5.11 Å². The molecule has 0 saturated carbocycles. The average Bonchev–Trinajstić information content (AvgIpc) is 2.99. The Bertz CT molecular complexity index is 552. The van der Waals surface area contributed by atoms with Gasteiger partial charge in [-0.25, -0.2) is 8.42 Å². The third-order valence-electron chi connectivity index (χ3n) is 3.53. The van der Waals surface area contributed by atoms with E-state index in [1.54, 1.807) is 6.08 Å². The second kappa shape index (κ2) is 7.70. The summed E-state index contributed by atoms with van der Waals surface area (Å²) < 4.78 is 26.1. The number of sulfonamides is 1. The van der Waals surface area contributed by atoms with Gasteiger partial charge in [0.25, 0.3) is 0 Å². The Labute approximate surface area is 126 Å². The van der Waals surface area contributed by atoms with Gasteiger partial charge in [-0.05, 0) is 31.0 Å². The van der Waals surface area contributed by atoms with Crippen LogP contribution < -0.4 is 5.32 Å². The third-order valence-corrected chi connectivity index (χ3v) is 5.06. The summed E-state index contributed by atoms with van der Waals surface area (Å²) in [5.74, 6) is 0. The Morgan fingerprint density at radius 2 is 2.10 bits per heavy atom. The molecule has 0 amide bonds. The highest BCUT2D eigenvalue weighted by Gasteiger charge is 2.24. The zero-order valence-electron chi connectivity index (χ0n) is 12.0. The van der Waals surface area contributed by atoms with Gasteiger partial charge in [0.05, 0.1) is 6.61 Å². The molecule has 1 atom stereocenters. The highest BCUT2D eigenvalue weighted by Crippen LogP contribution is 2.12. The van der Waals surface area contributed by atoms with E-state index in [1.165, 1.54) is 9.71 Å². The van der Waals surface area contributed by atoms with Gasteiger partial charge in [0, 0.05) is 24.5 Å². The molecule has 1 aliphatic rings. The molecule has 1 saturated heterocycles. The van der Waals surface area contributed by atoms with Crippen LogP contribution in [0.5, 0.6) is 0 Å². The molecular weight excluding hydrogens is 288 g/mol. The summed E-state index contributed by atoms with van der Waals surface area (Å²) in [6, 6.07) is 9.48. The molecular formula is C15H22N2O3S. The van der Waals surface area contributed by atoms with E-state index in [2.05, 4.69) is 5.32 Å². The second-order valence-electron chi connectivity index (χ2n) is 5.13. The van der Waals surface area contributed by atoms with Gasteiger partial charge in [0.15, 0.2) is 0 Å². The number of aliphatic hydroxyl groups is 1. The monoisotopic (exact) mass is 310 g/mol. The van der Waals surface area contributed by atoms with Gasteiger partial charge >= 0.3 is 0 Å². The predicted octanol–water partition coefficient (Wildman–Crippen LogP) is 1.03. The molecule has 1 aromatic rings. The fourth-order valence-electron chi connectivity index (χ4n) is 2.41. The smallest absolute Gasteiger partial charge is 0.236 e. The highest BCUT2D eigenvalue weighted by molar-refractivity contribution is 7.92. The molecule has 0 bridgehead atoms. The van der Waals surface area contributed by atoms with E-state index >= 15 is 0 Å². The van der Waals surface area contributed by atoms with Crippen LogP contribution in [0.25, 0.3) is 6.08 Å². The molecule has 6 heteroatoms. The normalized spacial score (nSPS) is 19.6. The van der Waals surface area contributed by atoms with Gasteiger partial charge in [-0.15, -0.1) is 0 Å². The Kier molecular flexibility index (Phi) is 5.93. The zero-order chi connectivity index (χ0) is 15.1. The van der Waals surface area contributed by atoms with Crippen molar-refractivity contribution in [3.8, 4) is 0 Å². The van der Waals surface area contributed by atoms with E-state index in [-0.39, 0.29) is 19.2 Å². The van der Waals surface area contributed by atoms with Crippen molar-refractivity contribution < 1.29 is 13.5 Å². The maximum Gasteiger partial charge on any atom is 0.236 e. The lowest BCUT2D eigenvalue weighted by Gasteiger charge is -2.22. The van der Waals surface area contributed by atoms with Crippen molar-refractivity contribution in [1.82, 2.24) is 9.62 Å². The molecule has 2 N–H and O–H groups in total. The first-order valence-electron chi connectivity index (χ1n) is 7.19. The number of aliphatic hydroxyl groups excluding tert-OH is 1. The minimum absolute atomic E-state index is 0.125. The predicted molar refractivity (Wildman–Crippen MR) is 84.1 cm³/mol. The number of hydrogen-bond acceptors (Lipinski definition) is 4. The second-order valence-corrected chi connectivity index (χ2v) is 6.95. The van der Waals surface area contributed by atoms with Crippen molar-refractivity contribution in [3.05, 3.63) is 41.3 Å². The van der Waals surface area contributed by atoms with E-state index in [9.17, 15) is 8.42 Å². The lowest BCUT2D eigenvalue weighted by atomic mass is 10.2. The number of nitrogens with zero attached hydrogens (tertiary/aromatic N) is 1. The van der Waals surface area contributed by atoms with Crippen LogP contribution in [0.2, 0.25) is 0 Å². The standard InChI is InChI=1S/C15H22N2O3S/c18-11-10-17(13-15-7-4-9-16-15)21(19,20)12-8-14-5-2-1-3-6-14/h1-3,5-6,8,12,15-16,18H,4,7,9-11,13H2/b12-8+. The molecule has 0 aromatic heterocycles. The molecule has 0 radical (unpaired) electrons. The fourth-order valence-corrected chi connectivity index (χ4v) is 3.63. The molecule has 1 unspecified atom stereocenters. The van der Waals surface area contributed by atoms with E-state index in [0.29, 0.717) is 6.54 Å². The Morgan fingerprint density at radius 3 is 2.71 bits per heavy atom. The summed E-state index contributed by atoms with van der Waals surface area (Å²) in [7, 11) is -3.52. The van der Waals surface area contributed by atoms with Crippen LogP contribution in [-0.4, -0.2) is 50.1 Å². The number of hydrogen-bond donors (Lipinski definition) is 2. The third kappa shape index (κ3) is 4.93. The summed E-state index contributed by atoms with van der Waals surface area (Å²) >= 11 is 0. The van der Waals surface area contributed by atoms with Crippen LogP contribution in [0.4, 0.5) is 0 Å². The Balaban J connectivity index is 2.07. The molecule has 0 aliphatic carbocycles. The highest BCUT2D eigenvalue weighted by atomic mass is 32.2. The van der Waals surface area contributed by atoms with Crippen molar-refractivity contribution in [2.75, 3.05) is 26.2 Å². The average molecular weight is 310 g/mol. The van der Waals surface area contributed by atoms with Gasteiger partial charge in [-0.3, -0.25) is 0 Å². The molecule has 1 aliphatic heterocycles. The van der Waals surface area contributed by atoms with Gasteiger partial charge in [0.1, 0.15) is 0 Å². The molecule has 1 heterocycles. The number of nitrogens with one attached hydrogen (secondary N) is 1. The maximum absolute atomic E-state index is 12.4. The van der Waals surface area contributed by atoms with Gasteiger partial charge < -0.3 is 10.4 Å². The first kappa shape index (κ1) is 16.2. The van der Waals surface area contributed by atoms with Crippen LogP contribution in [0.15, 0.2) is 35.7 Å². The van der Waals surface area contributed by atoms with Crippen molar-refractivity contribution in [1.29, 1.82) is 0 Å². The van der Waals surface area contributed by atoms with Crippen LogP contribution in [-0.2, 0) is 10.0 Å². The summed E-state index contributed by atoms with van der Waals surface area (Å²) in [4.78, 5) is 0. The van der Waals surface area contributed by atoms with Crippen LogP contribution in [0.1, 0.15) is 18.4 Å². The molecule has 21 heavy (non-hydrogen) atoms. The first-order valence-corrected chi connectivity index (χ1v) is 8.69. The van der Waals surface area contributed by atoms with Gasteiger partial charge in [-0.2, -0.15) is 4.31 Å². The largest absolute Gasteiger partial charge is 0.395 e. The Hall–Kier alpha value is -1.21. The van der Waals surface area contributed by atoms with E-state index in [0.717, 1.165) is 24.9 Å². The summed E-state index contributed by atoms with van der Waals surface area (Å²) in [5.41, 5.74) is 0.837. The van der Waals surface area contributed by atoms with Crippen molar-refractivity contribution in [2.45, 2.75) is 18.9 Å².